The van der Waals surface area contributed by atoms with Crippen molar-refractivity contribution in [2.24, 2.45) is 5.92 Å². The minimum absolute atomic E-state index is 0.132. The second-order valence-corrected chi connectivity index (χ2v) is 5.31. The van der Waals surface area contributed by atoms with Crippen LogP contribution in [0.25, 0.3) is 11.1 Å². The van der Waals surface area contributed by atoms with Gasteiger partial charge in [-0.15, -0.1) is 0 Å². The van der Waals surface area contributed by atoms with Crippen LogP contribution in [0.1, 0.15) is 29.3 Å². The fourth-order valence-corrected chi connectivity index (χ4v) is 2.86. The Labute approximate surface area is 120 Å². The average molecular weight is 262 g/mol. The van der Waals surface area contributed by atoms with Crippen molar-refractivity contribution in [1.82, 2.24) is 0 Å². The maximum absolute atomic E-state index is 12.5. The Balaban J connectivity index is 1.93. The predicted octanol–water partition coefficient (Wildman–Crippen LogP) is 4.67. The highest BCUT2D eigenvalue weighted by Crippen LogP contribution is 2.32. The van der Waals surface area contributed by atoms with Gasteiger partial charge in [0, 0.05) is 11.5 Å². The first kappa shape index (κ1) is 12.9. The summed E-state index contributed by atoms with van der Waals surface area (Å²) in [4.78, 5) is 12.5. The fourth-order valence-electron chi connectivity index (χ4n) is 2.86. The van der Waals surface area contributed by atoms with E-state index < -0.39 is 0 Å². The molecule has 3 rings (SSSR count). The topological polar surface area (TPSA) is 17.1 Å². The van der Waals surface area contributed by atoms with Crippen LogP contribution in [-0.2, 0) is 6.42 Å². The van der Waals surface area contributed by atoms with Crippen LogP contribution < -0.4 is 0 Å². The molecule has 0 saturated heterocycles. The maximum Gasteiger partial charge on any atom is 0.166 e. The summed E-state index contributed by atoms with van der Waals surface area (Å²) in [6.07, 6.45) is 5.84. The molecule has 100 valence electrons. The monoisotopic (exact) mass is 262 g/mol. The Kier molecular flexibility index (Phi) is 3.51. The van der Waals surface area contributed by atoms with Crippen molar-refractivity contribution in [3.05, 3.63) is 71.8 Å². The van der Waals surface area contributed by atoms with Gasteiger partial charge in [-0.2, -0.15) is 0 Å². The summed E-state index contributed by atoms with van der Waals surface area (Å²) in [5, 5.41) is 0. The first-order valence-corrected chi connectivity index (χ1v) is 7.13. The molecule has 0 saturated carbocycles. The third-order valence-corrected chi connectivity index (χ3v) is 3.98. The van der Waals surface area contributed by atoms with Gasteiger partial charge < -0.3 is 0 Å². The van der Waals surface area contributed by atoms with Crippen molar-refractivity contribution in [3.8, 4) is 11.1 Å². The van der Waals surface area contributed by atoms with Crippen molar-refractivity contribution in [2.75, 3.05) is 0 Å². The number of carbonyl (C=O) groups is 1. The SMILES string of the molecule is CC=CCC1Cc2ccc(-c3ccccc3)cc2C1=O. The summed E-state index contributed by atoms with van der Waals surface area (Å²) in [6, 6.07) is 16.5. The van der Waals surface area contributed by atoms with Crippen molar-refractivity contribution < 1.29 is 4.79 Å². The van der Waals surface area contributed by atoms with Gasteiger partial charge >= 0.3 is 0 Å². The molecule has 0 aromatic heterocycles. The van der Waals surface area contributed by atoms with E-state index in [-0.39, 0.29) is 5.92 Å². The number of benzene rings is 2. The molecule has 1 aliphatic rings. The first-order valence-electron chi connectivity index (χ1n) is 7.13. The molecule has 0 fully saturated rings. The Hall–Kier alpha value is -2.15. The van der Waals surface area contributed by atoms with Gasteiger partial charge in [0.1, 0.15) is 0 Å². The normalized spacial score (nSPS) is 17.6. The summed E-state index contributed by atoms with van der Waals surface area (Å²) < 4.78 is 0. The van der Waals surface area contributed by atoms with Crippen LogP contribution in [0.3, 0.4) is 0 Å². The number of rotatable bonds is 3. The standard InChI is InChI=1S/C19H18O/c1-2-3-7-17-12-16-11-10-15(13-18(16)19(17)20)14-8-5-4-6-9-14/h2-6,8-11,13,17H,7,12H2,1H3. The van der Waals surface area contributed by atoms with Crippen LogP contribution in [0.4, 0.5) is 0 Å². The average Bonchev–Trinajstić information content (AvgIpc) is 2.82. The van der Waals surface area contributed by atoms with Gasteiger partial charge in [-0.05, 0) is 42.5 Å². The van der Waals surface area contributed by atoms with Crippen molar-refractivity contribution in [1.29, 1.82) is 0 Å². The van der Waals surface area contributed by atoms with E-state index >= 15 is 0 Å². The minimum atomic E-state index is 0.132. The number of allylic oxidation sites excluding steroid dienone is 2. The zero-order valence-electron chi connectivity index (χ0n) is 11.7. The van der Waals surface area contributed by atoms with E-state index in [0.29, 0.717) is 5.78 Å². The van der Waals surface area contributed by atoms with Gasteiger partial charge in [0.15, 0.2) is 5.78 Å². The molecule has 2 aromatic carbocycles. The zero-order valence-corrected chi connectivity index (χ0v) is 11.7. The lowest BCUT2D eigenvalue weighted by molar-refractivity contribution is 0.0938. The summed E-state index contributed by atoms with van der Waals surface area (Å²) in [7, 11) is 0. The number of ketones is 1. The molecule has 0 amide bonds. The number of Topliss-reactive ketones (excluding diaryl/α,β-unsaturated/α-hetero) is 1. The highest BCUT2D eigenvalue weighted by atomic mass is 16.1. The predicted molar refractivity (Wildman–Crippen MR) is 82.8 cm³/mol. The highest BCUT2D eigenvalue weighted by molar-refractivity contribution is 6.03. The van der Waals surface area contributed by atoms with E-state index in [1.165, 1.54) is 11.1 Å². The van der Waals surface area contributed by atoms with Crippen molar-refractivity contribution >= 4 is 5.78 Å². The van der Waals surface area contributed by atoms with Gasteiger partial charge in [-0.25, -0.2) is 0 Å². The summed E-state index contributed by atoms with van der Waals surface area (Å²) in [5.74, 6) is 0.433. The molecule has 1 aliphatic carbocycles. The van der Waals surface area contributed by atoms with Gasteiger partial charge in [-0.3, -0.25) is 4.79 Å². The lowest BCUT2D eigenvalue weighted by atomic mass is 9.99. The largest absolute Gasteiger partial charge is 0.294 e. The van der Waals surface area contributed by atoms with E-state index in [0.717, 1.165) is 24.0 Å². The lowest BCUT2D eigenvalue weighted by Crippen LogP contribution is -2.07. The van der Waals surface area contributed by atoms with Crippen LogP contribution in [0.5, 0.6) is 0 Å². The molecule has 1 nitrogen and oxygen atoms in total. The summed E-state index contributed by atoms with van der Waals surface area (Å²) in [6.45, 7) is 2.00. The van der Waals surface area contributed by atoms with Crippen LogP contribution in [-0.4, -0.2) is 5.78 Å². The van der Waals surface area contributed by atoms with Crippen LogP contribution in [0.15, 0.2) is 60.7 Å². The maximum atomic E-state index is 12.5. The molecule has 0 bridgehead atoms. The van der Waals surface area contributed by atoms with E-state index in [9.17, 15) is 4.79 Å². The molecule has 0 radical (unpaired) electrons. The Bertz CT molecular complexity index is 653. The Morgan fingerprint density at radius 3 is 2.65 bits per heavy atom. The van der Waals surface area contributed by atoms with E-state index in [2.05, 4.69) is 36.4 Å². The minimum Gasteiger partial charge on any atom is -0.294 e. The van der Waals surface area contributed by atoms with E-state index in [1.807, 2.05) is 31.2 Å². The molecular weight excluding hydrogens is 244 g/mol. The molecule has 0 spiro atoms. The second-order valence-electron chi connectivity index (χ2n) is 5.31. The molecule has 1 heteroatoms. The van der Waals surface area contributed by atoms with E-state index in [4.69, 9.17) is 0 Å². The zero-order chi connectivity index (χ0) is 13.9. The van der Waals surface area contributed by atoms with E-state index in [1.54, 1.807) is 0 Å². The number of carbonyl (C=O) groups excluding carboxylic acids is 1. The molecule has 0 aliphatic heterocycles. The fraction of sp³-hybridized carbons (Fsp3) is 0.211. The molecule has 0 N–H and O–H groups in total. The first-order chi connectivity index (χ1) is 9.79. The molecular formula is C19H18O. The van der Waals surface area contributed by atoms with Gasteiger partial charge in [0.2, 0.25) is 0 Å². The third-order valence-electron chi connectivity index (χ3n) is 3.98. The van der Waals surface area contributed by atoms with Crippen molar-refractivity contribution in [3.63, 3.8) is 0 Å². The highest BCUT2D eigenvalue weighted by Gasteiger charge is 2.29. The Morgan fingerprint density at radius 1 is 1.10 bits per heavy atom. The lowest BCUT2D eigenvalue weighted by Gasteiger charge is -2.04. The number of hydrogen-bond donors (Lipinski definition) is 0. The van der Waals surface area contributed by atoms with Gasteiger partial charge in [0.05, 0.1) is 0 Å². The van der Waals surface area contributed by atoms with Gasteiger partial charge in [-0.1, -0.05) is 54.6 Å². The molecule has 1 atom stereocenters. The number of fused-ring (bicyclic) bond motifs is 1. The summed E-state index contributed by atoms with van der Waals surface area (Å²) in [5.41, 5.74) is 4.41. The molecule has 0 heterocycles. The van der Waals surface area contributed by atoms with Crippen LogP contribution in [0.2, 0.25) is 0 Å². The molecule has 1 unspecified atom stereocenters. The van der Waals surface area contributed by atoms with Gasteiger partial charge in [0.25, 0.3) is 0 Å². The number of hydrogen-bond acceptors (Lipinski definition) is 1. The quantitative estimate of drug-likeness (QED) is 0.734. The van der Waals surface area contributed by atoms with Crippen LogP contribution >= 0.6 is 0 Å². The molecule has 2 aromatic rings. The van der Waals surface area contributed by atoms with Crippen molar-refractivity contribution in [2.45, 2.75) is 19.8 Å². The molecule has 20 heavy (non-hydrogen) atoms. The Morgan fingerprint density at radius 2 is 1.90 bits per heavy atom. The smallest absolute Gasteiger partial charge is 0.166 e. The third kappa shape index (κ3) is 2.32. The summed E-state index contributed by atoms with van der Waals surface area (Å²) >= 11 is 0. The van der Waals surface area contributed by atoms with Crippen LogP contribution in [0, 0.1) is 5.92 Å². The second kappa shape index (κ2) is 5.46.